The van der Waals surface area contributed by atoms with E-state index in [9.17, 15) is 9.59 Å². The molecule has 1 rings (SSSR count). The quantitative estimate of drug-likeness (QED) is 0.835. The molecule has 0 aromatic carbocycles. The molecule has 0 fully saturated rings. The molecule has 0 aliphatic carbocycles. The minimum Gasteiger partial charge on any atom is -0.476 e. The highest BCUT2D eigenvalue weighted by Gasteiger charge is 2.09. The highest BCUT2D eigenvalue weighted by molar-refractivity contribution is 9.10. The van der Waals surface area contributed by atoms with Crippen LogP contribution in [-0.2, 0) is 6.54 Å². The van der Waals surface area contributed by atoms with E-state index >= 15 is 0 Å². The fraction of sp³-hybridized carbons (Fsp3) is 0.286. The number of aromatic nitrogens is 2. The number of nitrogens with zero attached hydrogens (tertiary/aromatic N) is 2. The second kappa shape index (κ2) is 3.69. The number of halogens is 1. The highest BCUT2D eigenvalue weighted by Crippen LogP contribution is 2.03. The number of hydrogen-bond donors (Lipinski definition) is 1. The van der Waals surface area contributed by atoms with Gasteiger partial charge in [-0.2, -0.15) is 5.10 Å². The molecule has 5 nitrogen and oxygen atoms in total. The first-order chi connectivity index (χ1) is 6.06. The summed E-state index contributed by atoms with van der Waals surface area (Å²) < 4.78 is 1.30. The predicted octanol–water partition coefficient (Wildman–Crippen LogP) is 0.724. The lowest BCUT2D eigenvalue weighted by molar-refractivity contribution is 0.0687. The van der Waals surface area contributed by atoms with E-state index in [1.165, 1.54) is 6.07 Å². The van der Waals surface area contributed by atoms with E-state index in [-0.39, 0.29) is 15.7 Å². The lowest BCUT2D eigenvalue weighted by Crippen LogP contribution is -2.25. The van der Waals surface area contributed by atoms with Crippen molar-refractivity contribution in [2.75, 3.05) is 0 Å². The molecule has 13 heavy (non-hydrogen) atoms. The zero-order valence-electron chi connectivity index (χ0n) is 6.82. The summed E-state index contributed by atoms with van der Waals surface area (Å²) in [5.41, 5.74) is -0.471. The molecule has 0 saturated heterocycles. The number of rotatable bonds is 2. The Hall–Kier alpha value is -1.17. The third-order valence-corrected chi connectivity index (χ3v) is 2.02. The van der Waals surface area contributed by atoms with Crippen LogP contribution < -0.4 is 5.56 Å². The van der Waals surface area contributed by atoms with Gasteiger partial charge in [0, 0.05) is 6.54 Å². The second-order valence-electron chi connectivity index (χ2n) is 2.30. The molecule has 1 N–H and O–H groups in total. The number of carboxylic acids is 1. The molecule has 1 aromatic rings. The molecule has 0 amide bonds. The fourth-order valence-electron chi connectivity index (χ4n) is 0.828. The van der Waals surface area contributed by atoms with Gasteiger partial charge in [0.15, 0.2) is 5.69 Å². The molecular weight excluding hydrogens is 240 g/mol. The van der Waals surface area contributed by atoms with E-state index in [1.807, 2.05) is 0 Å². The van der Waals surface area contributed by atoms with Crippen molar-refractivity contribution in [2.24, 2.45) is 0 Å². The van der Waals surface area contributed by atoms with Gasteiger partial charge in [-0.3, -0.25) is 4.79 Å². The largest absolute Gasteiger partial charge is 0.476 e. The van der Waals surface area contributed by atoms with Gasteiger partial charge >= 0.3 is 5.97 Å². The van der Waals surface area contributed by atoms with Crippen molar-refractivity contribution in [3.05, 3.63) is 26.6 Å². The van der Waals surface area contributed by atoms with Crippen LogP contribution in [0.2, 0.25) is 0 Å². The van der Waals surface area contributed by atoms with Crippen molar-refractivity contribution in [2.45, 2.75) is 13.5 Å². The maximum atomic E-state index is 11.2. The smallest absolute Gasteiger partial charge is 0.356 e. The number of aryl methyl sites for hydroxylation is 1. The SMILES string of the molecule is CCn1nc(C(=O)O)cc(Br)c1=O. The molecule has 70 valence electrons. The monoisotopic (exact) mass is 246 g/mol. The Morgan fingerprint density at radius 2 is 2.38 bits per heavy atom. The fourth-order valence-corrected chi connectivity index (χ4v) is 1.25. The van der Waals surface area contributed by atoms with Crippen molar-refractivity contribution in [3.8, 4) is 0 Å². The molecule has 0 bridgehead atoms. The Morgan fingerprint density at radius 1 is 1.77 bits per heavy atom. The molecule has 0 aliphatic heterocycles. The van der Waals surface area contributed by atoms with Gasteiger partial charge < -0.3 is 5.11 Å². The van der Waals surface area contributed by atoms with Gasteiger partial charge in [-0.1, -0.05) is 0 Å². The molecule has 6 heteroatoms. The maximum absolute atomic E-state index is 11.2. The molecule has 0 spiro atoms. The highest BCUT2D eigenvalue weighted by atomic mass is 79.9. The standard InChI is InChI=1S/C7H7BrN2O3/c1-2-10-6(11)4(8)3-5(9-10)7(12)13/h3H,2H2,1H3,(H,12,13). The number of carbonyl (C=O) groups is 1. The van der Waals surface area contributed by atoms with Crippen LogP contribution in [0.3, 0.4) is 0 Å². The topological polar surface area (TPSA) is 72.2 Å². The minimum atomic E-state index is -1.15. The summed E-state index contributed by atoms with van der Waals surface area (Å²) in [7, 11) is 0. The van der Waals surface area contributed by atoms with Gasteiger partial charge in [-0.25, -0.2) is 9.48 Å². The third-order valence-electron chi connectivity index (χ3n) is 1.45. The van der Waals surface area contributed by atoms with Crippen LogP contribution in [0.5, 0.6) is 0 Å². The van der Waals surface area contributed by atoms with Gasteiger partial charge in [0.2, 0.25) is 0 Å². The van der Waals surface area contributed by atoms with Crippen LogP contribution in [0.25, 0.3) is 0 Å². The Kier molecular flexibility index (Phi) is 2.82. The van der Waals surface area contributed by atoms with E-state index in [0.29, 0.717) is 6.54 Å². The van der Waals surface area contributed by atoms with E-state index < -0.39 is 5.97 Å². The minimum absolute atomic E-state index is 0.145. The summed E-state index contributed by atoms with van der Waals surface area (Å²) in [6, 6.07) is 1.19. The average Bonchev–Trinajstić information content (AvgIpc) is 2.09. The number of carboxylic acid groups (broad SMARTS) is 1. The zero-order valence-corrected chi connectivity index (χ0v) is 8.41. The van der Waals surface area contributed by atoms with E-state index in [1.54, 1.807) is 6.92 Å². The first-order valence-electron chi connectivity index (χ1n) is 3.57. The van der Waals surface area contributed by atoms with Crippen LogP contribution in [-0.4, -0.2) is 20.9 Å². The van der Waals surface area contributed by atoms with Crippen LogP contribution >= 0.6 is 15.9 Å². The maximum Gasteiger partial charge on any atom is 0.356 e. The van der Waals surface area contributed by atoms with Crippen molar-refractivity contribution in [1.82, 2.24) is 9.78 Å². The summed E-state index contributed by atoms with van der Waals surface area (Å²) in [5.74, 6) is -1.15. The van der Waals surface area contributed by atoms with E-state index in [0.717, 1.165) is 4.68 Å². The Bertz CT molecular complexity index is 399. The van der Waals surface area contributed by atoms with Crippen LogP contribution in [0, 0.1) is 0 Å². The van der Waals surface area contributed by atoms with Crippen molar-refractivity contribution < 1.29 is 9.90 Å². The average molecular weight is 247 g/mol. The molecule has 0 aliphatic rings. The second-order valence-corrected chi connectivity index (χ2v) is 3.16. The Balaban J connectivity index is 3.39. The Labute approximate surface area is 82.1 Å². The first-order valence-corrected chi connectivity index (χ1v) is 4.36. The molecule has 0 atom stereocenters. The van der Waals surface area contributed by atoms with Gasteiger partial charge in [0.05, 0.1) is 4.47 Å². The molecule has 1 aromatic heterocycles. The van der Waals surface area contributed by atoms with Crippen LogP contribution in [0.15, 0.2) is 15.3 Å². The summed E-state index contributed by atoms with van der Waals surface area (Å²) in [6.45, 7) is 2.06. The van der Waals surface area contributed by atoms with Gasteiger partial charge in [0.1, 0.15) is 0 Å². The number of aromatic carboxylic acids is 1. The molecular formula is C7H7BrN2O3. The molecule has 0 unspecified atom stereocenters. The summed E-state index contributed by atoms with van der Waals surface area (Å²) in [6.07, 6.45) is 0. The summed E-state index contributed by atoms with van der Waals surface area (Å²) in [4.78, 5) is 21.8. The van der Waals surface area contributed by atoms with Gasteiger partial charge in [0.25, 0.3) is 5.56 Å². The van der Waals surface area contributed by atoms with E-state index in [2.05, 4.69) is 21.0 Å². The first kappa shape index (κ1) is 9.91. The normalized spacial score (nSPS) is 10.0. The number of hydrogen-bond acceptors (Lipinski definition) is 3. The van der Waals surface area contributed by atoms with Gasteiger partial charge in [-0.05, 0) is 28.9 Å². The lowest BCUT2D eigenvalue weighted by Gasteiger charge is -2.02. The zero-order chi connectivity index (χ0) is 10.0. The molecule has 0 saturated carbocycles. The van der Waals surface area contributed by atoms with Crippen LogP contribution in [0.4, 0.5) is 0 Å². The van der Waals surface area contributed by atoms with E-state index in [4.69, 9.17) is 5.11 Å². The summed E-state index contributed by atoms with van der Waals surface area (Å²) >= 11 is 2.97. The summed E-state index contributed by atoms with van der Waals surface area (Å²) in [5, 5.41) is 12.2. The molecule has 1 heterocycles. The van der Waals surface area contributed by atoms with Crippen molar-refractivity contribution in [1.29, 1.82) is 0 Å². The van der Waals surface area contributed by atoms with Crippen molar-refractivity contribution >= 4 is 21.9 Å². The lowest BCUT2D eigenvalue weighted by atomic mass is 10.4. The Morgan fingerprint density at radius 3 is 2.85 bits per heavy atom. The predicted molar refractivity (Wildman–Crippen MR) is 48.8 cm³/mol. The van der Waals surface area contributed by atoms with Crippen molar-refractivity contribution in [3.63, 3.8) is 0 Å². The van der Waals surface area contributed by atoms with Gasteiger partial charge in [-0.15, -0.1) is 0 Å². The molecule has 0 radical (unpaired) electrons. The van der Waals surface area contributed by atoms with Crippen LogP contribution in [0.1, 0.15) is 17.4 Å². The third kappa shape index (κ3) is 1.95.